The summed E-state index contributed by atoms with van der Waals surface area (Å²) in [5.41, 5.74) is 3.06. The predicted molar refractivity (Wildman–Crippen MR) is 116 cm³/mol. The molecule has 5 nitrogen and oxygen atoms in total. The van der Waals surface area contributed by atoms with Gasteiger partial charge in [0, 0.05) is 30.4 Å². The molecule has 2 aromatic rings. The van der Waals surface area contributed by atoms with Crippen LogP contribution in [-0.4, -0.2) is 40.6 Å². The van der Waals surface area contributed by atoms with Gasteiger partial charge in [0.2, 0.25) is 5.91 Å². The molecule has 2 N–H and O–H groups in total. The minimum absolute atomic E-state index is 0.173. The highest BCUT2D eigenvalue weighted by Crippen LogP contribution is 2.48. The topological polar surface area (TPSA) is 61.0 Å². The second-order valence-electron chi connectivity index (χ2n) is 9.02. The Labute approximate surface area is 178 Å². The summed E-state index contributed by atoms with van der Waals surface area (Å²) in [7, 11) is 0. The molecule has 1 aliphatic heterocycles. The molecule has 1 unspecified atom stereocenters. The van der Waals surface area contributed by atoms with Crippen molar-refractivity contribution in [2.45, 2.75) is 57.4 Å². The molecule has 156 valence electrons. The SMILES string of the molecule is CC(C)c1cc(CN2CCCC(CNC(=O)C3(c4ccc(Cl)cc4)CC3)C2)[nH]n1. The third-order valence-electron chi connectivity index (χ3n) is 6.37. The van der Waals surface area contributed by atoms with E-state index < -0.39 is 0 Å². The van der Waals surface area contributed by atoms with Crippen LogP contribution >= 0.6 is 11.6 Å². The molecule has 1 atom stereocenters. The van der Waals surface area contributed by atoms with Gasteiger partial charge >= 0.3 is 0 Å². The molecule has 1 aromatic heterocycles. The van der Waals surface area contributed by atoms with Gasteiger partial charge in [0.25, 0.3) is 0 Å². The van der Waals surface area contributed by atoms with Crippen molar-refractivity contribution in [2.75, 3.05) is 19.6 Å². The summed E-state index contributed by atoms with van der Waals surface area (Å²) >= 11 is 6.00. The van der Waals surface area contributed by atoms with Crippen molar-refractivity contribution in [3.05, 3.63) is 52.3 Å². The summed E-state index contributed by atoms with van der Waals surface area (Å²) in [4.78, 5) is 15.4. The molecule has 4 rings (SSSR count). The number of aromatic amines is 1. The number of piperidine rings is 1. The third-order valence-corrected chi connectivity index (χ3v) is 6.62. The first kappa shape index (κ1) is 20.4. The fraction of sp³-hybridized carbons (Fsp3) is 0.565. The molecule has 6 heteroatoms. The largest absolute Gasteiger partial charge is 0.355 e. The Morgan fingerprint density at radius 3 is 2.76 bits per heavy atom. The van der Waals surface area contributed by atoms with Crippen LogP contribution in [0.5, 0.6) is 0 Å². The van der Waals surface area contributed by atoms with E-state index in [0.717, 1.165) is 50.3 Å². The molecular weight excluding hydrogens is 384 g/mol. The maximum Gasteiger partial charge on any atom is 0.230 e. The van der Waals surface area contributed by atoms with Crippen LogP contribution in [0.2, 0.25) is 5.02 Å². The Kier molecular flexibility index (Phi) is 5.98. The molecule has 0 spiro atoms. The van der Waals surface area contributed by atoms with Gasteiger partial charge in [-0.05, 0) is 67.8 Å². The summed E-state index contributed by atoms with van der Waals surface area (Å²) in [6.45, 7) is 8.11. The summed E-state index contributed by atoms with van der Waals surface area (Å²) in [6, 6.07) is 9.92. The van der Waals surface area contributed by atoms with Gasteiger partial charge in [-0.2, -0.15) is 5.10 Å². The van der Waals surface area contributed by atoms with E-state index in [9.17, 15) is 4.79 Å². The smallest absolute Gasteiger partial charge is 0.230 e. The standard InChI is InChI=1S/C23H31ClN4O/c1-16(2)21-12-20(26-27-21)15-28-11-3-4-17(14-28)13-25-22(29)23(9-10-23)18-5-7-19(24)8-6-18/h5-8,12,16-17H,3-4,9-11,13-15H2,1-2H3,(H,25,29)(H,26,27). The zero-order valence-corrected chi connectivity index (χ0v) is 18.1. The van der Waals surface area contributed by atoms with Crippen molar-refractivity contribution in [3.63, 3.8) is 0 Å². The number of amides is 1. The van der Waals surface area contributed by atoms with Gasteiger partial charge in [0.15, 0.2) is 0 Å². The fourth-order valence-electron chi connectivity index (χ4n) is 4.41. The van der Waals surface area contributed by atoms with Gasteiger partial charge in [-0.25, -0.2) is 0 Å². The summed E-state index contributed by atoms with van der Waals surface area (Å²) < 4.78 is 0. The van der Waals surface area contributed by atoms with E-state index in [1.165, 1.54) is 18.5 Å². The number of nitrogens with one attached hydrogen (secondary N) is 2. The number of hydrogen-bond acceptors (Lipinski definition) is 3. The number of nitrogens with zero attached hydrogens (tertiary/aromatic N) is 2. The lowest BCUT2D eigenvalue weighted by atomic mass is 9.93. The van der Waals surface area contributed by atoms with Gasteiger partial charge in [-0.1, -0.05) is 37.6 Å². The van der Waals surface area contributed by atoms with Crippen molar-refractivity contribution >= 4 is 17.5 Å². The number of benzene rings is 1. The van der Waals surface area contributed by atoms with E-state index >= 15 is 0 Å². The van der Waals surface area contributed by atoms with Crippen molar-refractivity contribution in [1.29, 1.82) is 0 Å². The molecule has 1 aliphatic carbocycles. The van der Waals surface area contributed by atoms with Crippen LogP contribution < -0.4 is 5.32 Å². The van der Waals surface area contributed by atoms with E-state index in [1.54, 1.807) is 0 Å². The lowest BCUT2D eigenvalue weighted by Gasteiger charge is -2.32. The first-order valence-electron chi connectivity index (χ1n) is 10.8. The maximum atomic E-state index is 12.9. The zero-order chi connectivity index (χ0) is 20.4. The van der Waals surface area contributed by atoms with Gasteiger partial charge in [0.05, 0.1) is 11.1 Å². The third kappa shape index (κ3) is 4.67. The Bertz CT molecular complexity index is 841. The molecule has 2 fully saturated rings. The van der Waals surface area contributed by atoms with E-state index in [2.05, 4.69) is 40.3 Å². The van der Waals surface area contributed by atoms with Crippen LogP contribution in [0, 0.1) is 5.92 Å². The Balaban J connectivity index is 1.29. The highest BCUT2D eigenvalue weighted by molar-refractivity contribution is 6.30. The van der Waals surface area contributed by atoms with Crippen LogP contribution in [0.25, 0.3) is 0 Å². The predicted octanol–water partition coefficient (Wildman–Crippen LogP) is 4.25. The summed E-state index contributed by atoms with van der Waals surface area (Å²) in [5.74, 6) is 1.12. The van der Waals surface area contributed by atoms with Gasteiger partial charge in [0.1, 0.15) is 0 Å². The molecule has 0 radical (unpaired) electrons. The number of carbonyl (C=O) groups is 1. The minimum Gasteiger partial charge on any atom is -0.355 e. The van der Waals surface area contributed by atoms with Crippen LogP contribution in [0.1, 0.15) is 62.4 Å². The normalized spacial score (nSPS) is 21.3. The number of aromatic nitrogens is 2. The quantitative estimate of drug-likeness (QED) is 0.712. The van der Waals surface area contributed by atoms with E-state index in [4.69, 9.17) is 11.6 Å². The van der Waals surface area contributed by atoms with Crippen molar-refractivity contribution in [1.82, 2.24) is 20.4 Å². The number of hydrogen-bond donors (Lipinski definition) is 2. The number of H-pyrrole nitrogens is 1. The second-order valence-corrected chi connectivity index (χ2v) is 9.45. The Morgan fingerprint density at radius 2 is 2.10 bits per heavy atom. The minimum atomic E-state index is -0.331. The first-order chi connectivity index (χ1) is 14.0. The van der Waals surface area contributed by atoms with Crippen LogP contribution in [0.3, 0.4) is 0 Å². The lowest BCUT2D eigenvalue weighted by Crippen LogP contribution is -2.43. The highest BCUT2D eigenvalue weighted by Gasteiger charge is 2.51. The number of rotatable bonds is 7. The summed E-state index contributed by atoms with van der Waals surface area (Å²) in [6.07, 6.45) is 4.20. The molecule has 2 heterocycles. The van der Waals surface area contributed by atoms with Crippen LogP contribution in [-0.2, 0) is 16.8 Å². The molecule has 29 heavy (non-hydrogen) atoms. The van der Waals surface area contributed by atoms with Gasteiger partial charge in [-0.3, -0.25) is 14.8 Å². The number of halogens is 1. The number of likely N-dealkylation sites (tertiary alicyclic amines) is 1. The fourth-order valence-corrected chi connectivity index (χ4v) is 4.53. The molecule has 2 aliphatic rings. The molecule has 1 aromatic carbocycles. The molecular formula is C23H31ClN4O. The van der Waals surface area contributed by atoms with Crippen molar-refractivity contribution < 1.29 is 4.79 Å². The monoisotopic (exact) mass is 414 g/mol. The zero-order valence-electron chi connectivity index (χ0n) is 17.4. The maximum absolute atomic E-state index is 12.9. The summed E-state index contributed by atoms with van der Waals surface area (Å²) in [5, 5.41) is 11.6. The molecule has 1 amide bonds. The molecule has 1 saturated heterocycles. The first-order valence-corrected chi connectivity index (χ1v) is 11.1. The van der Waals surface area contributed by atoms with Gasteiger partial charge in [-0.15, -0.1) is 0 Å². The van der Waals surface area contributed by atoms with Crippen molar-refractivity contribution in [3.8, 4) is 0 Å². The lowest BCUT2D eigenvalue weighted by molar-refractivity contribution is -0.123. The highest BCUT2D eigenvalue weighted by atomic mass is 35.5. The molecule has 1 saturated carbocycles. The Morgan fingerprint density at radius 1 is 1.34 bits per heavy atom. The molecule has 0 bridgehead atoms. The van der Waals surface area contributed by atoms with Gasteiger partial charge < -0.3 is 5.32 Å². The van der Waals surface area contributed by atoms with E-state index in [1.807, 2.05) is 24.3 Å². The van der Waals surface area contributed by atoms with Crippen LogP contribution in [0.15, 0.2) is 30.3 Å². The second kappa shape index (κ2) is 8.49. The van der Waals surface area contributed by atoms with Crippen LogP contribution in [0.4, 0.5) is 0 Å². The Hall–Kier alpha value is -1.85. The van der Waals surface area contributed by atoms with E-state index in [0.29, 0.717) is 16.9 Å². The average Bonchev–Trinajstić information content (AvgIpc) is 3.39. The average molecular weight is 415 g/mol. The van der Waals surface area contributed by atoms with Crippen molar-refractivity contribution in [2.24, 2.45) is 5.92 Å². The van der Waals surface area contributed by atoms with E-state index in [-0.39, 0.29) is 11.3 Å². The number of carbonyl (C=O) groups excluding carboxylic acids is 1.